The third-order valence-electron chi connectivity index (χ3n) is 6.45. The number of aliphatic imine (C=N–C) groups is 1. The molecule has 3 unspecified atom stereocenters. The summed E-state index contributed by atoms with van der Waals surface area (Å²) in [6.07, 6.45) is 0.919. The summed E-state index contributed by atoms with van der Waals surface area (Å²) in [6, 6.07) is 13.0. The zero-order chi connectivity index (χ0) is 23.7. The first-order valence-electron chi connectivity index (χ1n) is 10.7. The van der Waals surface area contributed by atoms with Gasteiger partial charge >= 0.3 is 5.97 Å². The van der Waals surface area contributed by atoms with Gasteiger partial charge < -0.3 is 14.2 Å². The molecule has 6 nitrogen and oxygen atoms in total. The topological polar surface area (TPSA) is 74.2 Å². The average molecular weight is 468 g/mol. The van der Waals surface area contributed by atoms with Crippen molar-refractivity contribution in [2.45, 2.75) is 31.6 Å². The summed E-state index contributed by atoms with van der Waals surface area (Å²) in [4.78, 5) is 31.2. The Morgan fingerprint density at radius 3 is 2.39 bits per heavy atom. The van der Waals surface area contributed by atoms with E-state index < -0.39 is 17.8 Å². The van der Waals surface area contributed by atoms with E-state index in [1.165, 1.54) is 7.11 Å². The Balaban J connectivity index is 1.87. The Bertz CT molecular complexity index is 1150. The van der Waals surface area contributed by atoms with E-state index in [-0.39, 0.29) is 11.7 Å². The van der Waals surface area contributed by atoms with Gasteiger partial charge in [0.05, 0.1) is 21.3 Å². The molecule has 172 valence electrons. The molecule has 0 aromatic heterocycles. The predicted octanol–water partition coefficient (Wildman–Crippen LogP) is 5.11. The molecule has 0 spiro atoms. The van der Waals surface area contributed by atoms with E-state index in [1.807, 2.05) is 36.4 Å². The number of nitrogens with zero attached hydrogens (tertiary/aromatic N) is 1. The van der Waals surface area contributed by atoms with Crippen molar-refractivity contribution in [1.29, 1.82) is 0 Å². The fourth-order valence-corrected chi connectivity index (χ4v) is 5.08. The van der Waals surface area contributed by atoms with Crippen LogP contribution < -0.4 is 9.47 Å². The van der Waals surface area contributed by atoms with Gasteiger partial charge in [-0.25, -0.2) is 0 Å². The first-order chi connectivity index (χ1) is 15.9. The normalized spacial score (nSPS) is 22.4. The molecule has 4 rings (SSSR count). The number of hydrogen-bond acceptors (Lipinski definition) is 6. The zero-order valence-electron chi connectivity index (χ0n) is 19.1. The van der Waals surface area contributed by atoms with E-state index in [0.29, 0.717) is 51.9 Å². The molecular weight excluding hydrogens is 442 g/mol. The summed E-state index contributed by atoms with van der Waals surface area (Å²) in [5, 5.41) is 0.651. The zero-order valence-corrected chi connectivity index (χ0v) is 19.8. The number of carbonyl (C=O) groups excluding carboxylic acids is 2. The van der Waals surface area contributed by atoms with E-state index in [4.69, 9.17) is 30.8 Å². The summed E-state index contributed by atoms with van der Waals surface area (Å²) in [5.74, 6) is -0.759. The number of hydrogen-bond donors (Lipinski definition) is 0. The van der Waals surface area contributed by atoms with Gasteiger partial charge in [0, 0.05) is 39.9 Å². The van der Waals surface area contributed by atoms with Crippen molar-refractivity contribution in [2.24, 2.45) is 10.9 Å². The number of ether oxygens (including phenoxy) is 3. The number of benzene rings is 2. The smallest absolute Gasteiger partial charge is 0.315 e. The van der Waals surface area contributed by atoms with E-state index >= 15 is 0 Å². The van der Waals surface area contributed by atoms with Crippen LogP contribution in [0.25, 0.3) is 0 Å². The highest BCUT2D eigenvalue weighted by Crippen LogP contribution is 2.50. The standard InChI is InChI=1S/C26H26ClNO5/c1-14-22(26(30)33-4)23(18-6-5-7-21(31-2)25(18)32-3)24-19(28-14)12-16(13-20(24)29)15-8-10-17(27)11-9-15/h5-11,16,22-23H,12-13H2,1-4H3. The van der Waals surface area contributed by atoms with Gasteiger partial charge in [-0.05, 0) is 43.0 Å². The lowest BCUT2D eigenvalue weighted by molar-refractivity contribution is -0.143. The summed E-state index contributed by atoms with van der Waals surface area (Å²) in [6.45, 7) is 1.81. The molecule has 1 aliphatic carbocycles. The molecule has 0 radical (unpaired) electrons. The molecule has 1 aliphatic heterocycles. The Morgan fingerprint density at radius 1 is 1.03 bits per heavy atom. The Kier molecular flexibility index (Phi) is 6.56. The number of Topliss-reactive ketones (excluding diaryl/α,β-unsaturated/α-hetero) is 1. The average Bonchev–Trinajstić information content (AvgIpc) is 2.82. The van der Waals surface area contributed by atoms with Crippen LogP contribution in [0.5, 0.6) is 11.5 Å². The number of esters is 1. The highest BCUT2D eigenvalue weighted by molar-refractivity contribution is 6.30. The highest BCUT2D eigenvalue weighted by atomic mass is 35.5. The molecule has 7 heteroatoms. The molecule has 33 heavy (non-hydrogen) atoms. The maximum Gasteiger partial charge on any atom is 0.315 e. The molecule has 2 aromatic rings. The second kappa shape index (κ2) is 9.40. The van der Waals surface area contributed by atoms with Crippen molar-refractivity contribution in [3.8, 4) is 11.5 Å². The Hall–Kier alpha value is -3.12. The van der Waals surface area contributed by atoms with Crippen LogP contribution in [0.15, 0.2) is 58.7 Å². The predicted molar refractivity (Wildman–Crippen MR) is 126 cm³/mol. The molecule has 2 aromatic carbocycles. The van der Waals surface area contributed by atoms with Gasteiger partial charge in [-0.2, -0.15) is 0 Å². The fraction of sp³-hybridized carbons (Fsp3) is 0.346. The summed E-state index contributed by atoms with van der Waals surface area (Å²) < 4.78 is 16.3. The van der Waals surface area contributed by atoms with Crippen molar-refractivity contribution in [3.63, 3.8) is 0 Å². The minimum atomic E-state index is -0.731. The highest BCUT2D eigenvalue weighted by Gasteiger charge is 2.45. The molecule has 0 saturated heterocycles. The Labute approximate surface area is 198 Å². The van der Waals surface area contributed by atoms with Gasteiger partial charge in [0.25, 0.3) is 0 Å². The van der Waals surface area contributed by atoms with Crippen molar-refractivity contribution in [3.05, 3.63) is 69.9 Å². The largest absolute Gasteiger partial charge is 0.493 e. The number of halogens is 1. The molecule has 3 atom stereocenters. The quantitative estimate of drug-likeness (QED) is 0.571. The van der Waals surface area contributed by atoms with Crippen LogP contribution in [0.3, 0.4) is 0 Å². The van der Waals surface area contributed by atoms with E-state index in [0.717, 1.165) is 5.56 Å². The molecule has 0 amide bonds. The first-order valence-corrected chi connectivity index (χ1v) is 11.1. The van der Waals surface area contributed by atoms with Crippen LogP contribution in [0.4, 0.5) is 0 Å². The monoisotopic (exact) mass is 467 g/mol. The van der Waals surface area contributed by atoms with Crippen LogP contribution in [0.1, 0.15) is 42.7 Å². The van der Waals surface area contributed by atoms with Crippen LogP contribution in [-0.4, -0.2) is 38.8 Å². The van der Waals surface area contributed by atoms with Crippen molar-refractivity contribution < 1.29 is 23.8 Å². The van der Waals surface area contributed by atoms with E-state index in [2.05, 4.69) is 0 Å². The number of para-hydroxylation sites is 1. The lowest BCUT2D eigenvalue weighted by Gasteiger charge is -2.37. The molecular formula is C26H26ClNO5. The van der Waals surface area contributed by atoms with Crippen LogP contribution in [-0.2, 0) is 14.3 Å². The number of rotatable bonds is 5. The number of ketones is 1. The maximum absolute atomic E-state index is 13.6. The second-order valence-corrected chi connectivity index (χ2v) is 8.69. The van der Waals surface area contributed by atoms with Crippen LogP contribution in [0, 0.1) is 5.92 Å². The molecule has 1 heterocycles. The van der Waals surface area contributed by atoms with Gasteiger partial charge in [-0.15, -0.1) is 0 Å². The lowest BCUT2D eigenvalue weighted by Crippen LogP contribution is -2.38. The molecule has 0 bridgehead atoms. The van der Waals surface area contributed by atoms with Gasteiger partial charge in [-0.1, -0.05) is 35.9 Å². The maximum atomic E-state index is 13.6. The molecule has 0 N–H and O–H groups in total. The molecule has 2 aliphatic rings. The lowest BCUT2D eigenvalue weighted by atomic mass is 9.69. The third kappa shape index (κ3) is 4.15. The molecule has 0 fully saturated rings. The van der Waals surface area contributed by atoms with Crippen LogP contribution >= 0.6 is 11.6 Å². The Morgan fingerprint density at radius 2 is 1.76 bits per heavy atom. The minimum absolute atomic E-state index is 0.00685. The van der Waals surface area contributed by atoms with E-state index in [9.17, 15) is 9.59 Å². The minimum Gasteiger partial charge on any atom is -0.493 e. The second-order valence-electron chi connectivity index (χ2n) is 8.25. The summed E-state index contributed by atoms with van der Waals surface area (Å²) >= 11 is 6.04. The van der Waals surface area contributed by atoms with Gasteiger partial charge in [0.15, 0.2) is 17.3 Å². The van der Waals surface area contributed by atoms with Gasteiger partial charge in [-0.3, -0.25) is 14.6 Å². The number of carbonyl (C=O) groups is 2. The number of methoxy groups -OCH3 is 3. The van der Waals surface area contributed by atoms with Crippen molar-refractivity contribution in [2.75, 3.05) is 21.3 Å². The third-order valence-corrected chi connectivity index (χ3v) is 6.71. The van der Waals surface area contributed by atoms with Crippen LogP contribution in [0.2, 0.25) is 5.02 Å². The van der Waals surface area contributed by atoms with E-state index in [1.54, 1.807) is 27.2 Å². The molecule has 0 saturated carbocycles. The van der Waals surface area contributed by atoms with Gasteiger partial charge in [0.1, 0.15) is 5.92 Å². The van der Waals surface area contributed by atoms with Crippen molar-refractivity contribution in [1.82, 2.24) is 0 Å². The number of allylic oxidation sites excluding steroid dienone is 2. The first kappa shape index (κ1) is 23.1. The fourth-order valence-electron chi connectivity index (χ4n) is 4.96. The van der Waals surface area contributed by atoms with Crippen molar-refractivity contribution >= 4 is 29.1 Å². The SMILES string of the molecule is COC(=O)C1C(C)=NC2=C(C(=O)CC(c3ccc(Cl)cc3)C2)C1c1cccc(OC)c1OC. The van der Waals surface area contributed by atoms with Gasteiger partial charge in [0.2, 0.25) is 0 Å². The summed E-state index contributed by atoms with van der Waals surface area (Å²) in [7, 11) is 4.45. The summed E-state index contributed by atoms with van der Waals surface area (Å²) in [5.41, 5.74) is 3.61.